The molecule has 10 N–H and O–H groups in total. The van der Waals surface area contributed by atoms with Crippen LogP contribution < -0.4 is 26.6 Å². The quantitative estimate of drug-likeness (QED) is 0.0285. The van der Waals surface area contributed by atoms with Gasteiger partial charge >= 0.3 is 29.8 Å². The highest BCUT2D eigenvalue weighted by Gasteiger charge is 2.29. The lowest BCUT2D eigenvalue weighted by Gasteiger charge is -2.11. The molecule has 20 nitrogen and oxygen atoms in total. The van der Waals surface area contributed by atoms with Crippen molar-refractivity contribution in [2.24, 2.45) is 0 Å². The number of carbonyl (C=O) groups is 10. The van der Waals surface area contributed by atoms with E-state index in [1.54, 1.807) is 197 Å². The first kappa shape index (κ1) is 96.7. The van der Waals surface area contributed by atoms with E-state index in [9.17, 15) is 82.3 Å². The number of nitrogens with one attached hydrogen (secondary N) is 5. The molecule has 0 aliphatic carbocycles. The fraction of sp³-hybridized carbons (Fsp3) is 0.0722. The molecule has 0 saturated carbocycles. The van der Waals surface area contributed by atoms with Crippen LogP contribution in [0.3, 0.4) is 0 Å². The molecule has 0 saturated heterocycles. The Morgan fingerprint density at radius 2 is 0.566 bits per heavy atom. The normalized spacial score (nSPS) is 10.7. The minimum absolute atomic E-state index is 0.0163. The SMILES string of the molecule is CC(F)(F)c1ccc(C(=O)Nc2scc(-c3ccc(Br)cc3)c2C(=O)O)cc1.CCCc1ccc(C(=O)Nc2scc(-c3ccc(Cl)cc3)c2C(=O)O)cc1.Cc1cccc(C(=O)Nc2scc(-c3ccc(Cl)cc3)c2C(=O)O)c1.Cc1cccc(C(=O)Nc2scc(-c3ccc(Cl)cc3)c2C(=O)O)c1.O=C(Nc1scc(-c2ccc(Br)cc2)c1C(=O)O)c1ccccc1. The van der Waals surface area contributed by atoms with E-state index in [4.69, 9.17) is 34.8 Å². The Labute approximate surface area is 789 Å². The molecule has 5 amide bonds. The van der Waals surface area contributed by atoms with Gasteiger partial charge in [-0.25, -0.2) is 32.8 Å². The summed E-state index contributed by atoms with van der Waals surface area (Å²) in [5.41, 5.74) is 11.7. The fourth-order valence-electron chi connectivity index (χ4n) is 12.6. The summed E-state index contributed by atoms with van der Waals surface area (Å²) in [6.45, 7) is 6.66. The molecule has 0 fully saturated rings. The lowest BCUT2D eigenvalue weighted by Crippen LogP contribution is -2.14. The molecule has 654 valence electrons. The van der Waals surface area contributed by atoms with Crippen LogP contribution in [-0.4, -0.2) is 84.9 Å². The van der Waals surface area contributed by atoms with Crippen LogP contribution in [0.2, 0.25) is 15.1 Å². The summed E-state index contributed by atoms with van der Waals surface area (Å²) in [5.74, 6) is -10.4. The van der Waals surface area contributed by atoms with Gasteiger partial charge in [0.2, 0.25) is 0 Å². The second kappa shape index (κ2) is 44.7. The van der Waals surface area contributed by atoms with Gasteiger partial charge in [0.25, 0.3) is 35.5 Å². The van der Waals surface area contributed by atoms with E-state index in [1.807, 2.05) is 68.4 Å². The van der Waals surface area contributed by atoms with E-state index in [0.29, 0.717) is 90.7 Å². The Morgan fingerprint density at radius 3 is 0.814 bits per heavy atom. The van der Waals surface area contributed by atoms with Crippen molar-refractivity contribution in [1.82, 2.24) is 0 Å². The lowest BCUT2D eigenvalue weighted by molar-refractivity contribution is 0.0173. The van der Waals surface area contributed by atoms with Gasteiger partial charge in [-0.15, -0.1) is 56.7 Å². The first-order valence-corrected chi connectivity index (χ1v) is 45.6. The summed E-state index contributed by atoms with van der Waals surface area (Å²) in [6.07, 6.45) is 2.00. The third-order valence-corrected chi connectivity index (χ3v) is 25.2. The smallest absolute Gasteiger partial charge is 0.339 e. The van der Waals surface area contributed by atoms with Crippen LogP contribution >= 0.6 is 123 Å². The maximum Gasteiger partial charge on any atom is 0.339 e. The predicted octanol–water partition coefficient (Wildman–Crippen LogP) is 28.0. The number of hydrogen-bond donors (Lipinski definition) is 10. The molecule has 0 radical (unpaired) electrons. The van der Waals surface area contributed by atoms with E-state index in [2.05, 4.69) is 65.4 Å². The Hall–Kier alpha value is -12.9. The summed E-state index contributed by atoms with van der Waals surface area (Å²) in [6, 6.07) is 70.4. The number of aromatic carboxylic acids is 5. The van der Waals surface area contributed by atoms with E-state index in [1.165, 1.54) is 75.2 Å². The molecule has 5 aromatic heterocycles. The van der Waals surface area contributed by atoms with Gasteiger partial charge < -0.3 is 52.1 Å². The summed E-state index contributed by atoms with van der Waals surface area (Å²) < 4.78 is 28.4. The van der Waals surface area contributed by atoms with Gasteiger partial charge in [0.05, 0.1) is 0 Å². The number of carbonyl (C=O) groups excluding carboxylic acids is 5. The van der Waals surface area contributed by atoms with Crippen LogP contribution in [0.15, 0.2) is 285 Å². The molecule has 0 atom stereocenters. The van der Waals surface area contributed by atoms with Crippen molar-refractivity contribution in [3.05, 3.63) is 378 Å². The molecule has 15 rings (SSSR count). The highest BCUT2D eigenvalue weighted by Crippen LogP contribution is 2.43. The molecule has 0 unspecified atom stereocenters. The Morgan fingerprint density at radius 1 is 0.326 bits per heavy atom. The molecule has 0 aliphatic heterocycles. The standard InChI is InChI=1S/C21H18ClNO3S.C20H14BrF2NO3S.2C19H14ClNO3S.C18H12BrNO3S/c1-2-3-13-4-6-15(7-5-13)19(24)23-20-18(21(25)26)17(12-27-20)14-8-10-16(22)11-9-14;1-20(22,23)13-6-2-12(3-7-13)17(25)24-18-16(19(26)27)15(10-28-18)11-4-8-14(21)9-5-11;2*1-11-3-2-4-13(9-11)17(22)21-18-16(19(23)24)15(10-25-18)12-5-7-14(20)8-6-12;19-13-8-6-11(7-9-13)14-10-24-17(15(14)18(22)23)20-16(21)12-4-2-1-3-5-12/h4-12H,2-3H2,1H3,(H,23,24)(H,25,26);2-10H,1H3,(H,24,25)(H,26,27);2*2-10H,1H3,(H,21,22)(H,23,24);1-10H,(H,20,21)(H,22,23). The van der Waals surface area contributed by atoms with Crippen LogP contribution in [0.5, 0.6) is 0 Å². The second-order valence-electron chi connectivity index (χ2n) is 28.1. The van der Waals surface area contributed by atoms with Gasteiger partial charge in [0, 0.05) is 119 Å². The fourth-order valence-corrected chi connectivity index (χ4v) is 18.3. The van der Waals surface area contributed by atoms with Crippen molar-refractivity contribution in [2.75, 3.05) is 26.6 Å². The van der Waals surface area contributed by atoms with Gasteiger partial charge in [0.15, 0.2) is 0 Å². The highest BCUT2D eigenvalue weighted by molar-refractivity contribution is 9.10. The maximum atomic E-state index is 13.3. The minimum Gasteiger partial charge on any atom is -0.478 e. The number of thiophene rings is 5. The zero-order valence-electron chi connectivity index (χ0n) is 68.0. The number of benzene rings is 10. The van der Waals surface area contributed by atoms with E-state index < -0.39 is 41.7 Å². The van der Waals surface area contributed by atoms with Gasteiger partial charge in [-0.1, -0.05) is 219 Å². The van der Waals surface area contributed by atoms with E-state index >= 15 is 0 Å². The van der Waals surface area contributed by atoms with E-state index in [-0.39, 0.29) is 67.6 Å². The number of carboxylic acids is 5. The zero-order valence-corrected chi connectivity index (χ0v) is 77.5. The van der Waals surface area contributed by atoms with Gasteiger partial charge in [0.1, 0.15) is 52.8 Å². The van der Waals surface area contributed by atoms with Gasteiger partial charge in [-0.2, -0.15) is 0 Å². The highest BCUT2D eigenvalue weighted by atomic mass is 79.9. The Bertz CT molecular complexity index is 6470. The monoisotopic (exact) mass is 2010 g/mol. The second-order valence-corrected chi connectivity index (χ2v) is 35.7. The number of alkyl halides is 2. The van der Waals surface area contributed by atoms with Gasteiger partial charge in [-0.05, 0) is 175 Å². The first-order chi connectivity index (χ1) is 61.6. The van der Waals surface area contributed by atoms with E-state index in [0.717, 1.165) is 73.4 Å². The summed E-state index contributed by atoms with van der Waals surface area (Å²) in [7, 11) is 0. The molecular weight excluding hydrogens is 1940 g/mol. The summed E-state index contributed by atoms with van der Waals surface area (Å²) in [5, 5.41) is 73.2. The molecule has 0 bridgehead atoms. The molecule has 5 heterocycles. The maximum absolute atomic E-state index is 13.3. The Kier molecular flexibility index (Phi) is 33.5. The summed E-state index contributed by atoms with van der Waals surface area (Å²) >= 11 is 30.2. The lowest BCUT2D eigenvalue weighted by atomic mass is 10.0. The first-order valence-electron chi connectivity index (χ1n) is 38.5. The average Bonchev–Trinajstić information content (AvgIpc) is 1.67. The van der Waals surface area contributed by atoms with Crippen LogP contribution in [-0.2, 0) is 12.3 Å². The molecule has 0 spiro atoms. The largest absolute Gasteiger partial charge is 0.478 e. The van der Waals surface area contributed by atoms with Crippen LogP contribution in [0.1, 0.15) is 146 Å². The predicted molar refractivity (Wildman–Crippen MR) is 519 cm³/mol. The molecule has 15 aromatic rings. The summed E-state index contributed by atoms with van der Waals surface area (Å²) in [4.78, 5) is 121. The van der Waals surface area contributed by atoms with Crippen molar-refractivity contribution in [2.45, 2.75) is 46.5 Å². The molecular formula is C97H72Br2Cl3F2N5O15S5. The van der Waals surface area contributed by atoms with Crippen LogP contribution in [0.25, 0.3) is 55.6 Å². The number of anilines is 5. The molecule has 10 aromatic carbocycles. The average molecular weight is 2010 g/mol. The number of carboxylic acid groups (broad SMARTS) is 5. The number of rotatable bonds is 23. The van der Waals surface area contributed by atoms with Crippen molar-refractivity contribution >= 4 is 208 Å². The number of amides is 5. The third kappa shape index (κ3) is 25.7. The minimum atomic E-state index is -3.00. The zero-order chi connectivity index (χ0) is 92.9. The third-order valence-electron chi connectivity index (χ3n) is 18.9. The number of aryl methyl sites for hydroxylation is 3. The van der Waals surface area contributed by atoms with Crippen molar-refractivity contribution in [1.29, 1.82) is 0 Å². The van der Waals surface area contributed by atoms with Crippen molar-refractivity contribution in [3.8, 4) is 55.6 Å². The number of hydrogen-bond acceptors (Lipinski definition) is 15. The van der Waals surface area contributed by atoms with Crippen molar-refractivity contribution in [3.63, 3.8) is 0 Å². The Balaban J connectivity index is 0.000000156. The van der Waals surface area contributed by atoms with Crippen LogP contribution in [0, 0.1) is 13.8 Å². The molecule has 0 aliphatic rings. The van der Waals surface area contributed by atoms with Crippen molar-refractivity contribution < 1.29 is 82.3 Å². The van der Waals surface area contributed by atoms with Crippen LogP contribution in [0.4, 0.5) is 33.8 Å². The number of halogens is 7. The molecule has 129 heavy (non-hydrogen) atoms. The topological polar surface area (TPSA) is 332 Å². The molecule has 32 heteroatoms. The van der Waals surface area contributed by atoms with Gasteiger partial charge in [-0.3, -0.25) is 24.0 Å².